The van der Waals surface area contributed by atoms with Crippen molar-refractivity contribution in [2.75, 3.05) is 6.54 Å². The molecule has 1 N–H and O–H groups in total. The Morgan fingerprint density at radius 2 is 2.00 bits per heavy atom. The summed E-state index contributed by atoms with van der Waals surface area (Å²) in [6, 6.07) is 6.48. The molecular formula is C12H11F3N2O. The molecule has 1 aromatic carbocycles. The summed E-state index contributed by atoms with van der Waals surface area (Å²) < 4.78 is 37.9. The summed E-state index contributed by atoms with van der Waals surface area (Å²) in [5, 5.41) is 10.6. The van der Waals surface area contributed by atoms with Gasteiger partial charge in [-0.05, 0) is 18.6 Å². The van der Waals surface area contributed by atoms with Crippen molar-refractivity contribution >= 4 is 5.91 Å². The van der Waals surface area contributed by atoms with Gasteiger partial charge in [0.25, 0.3) is 5.91 Å². The number of nitrogens with zero attached hydrogens (tertiary/aromatic N) is 1. The minimum absolute atomic E-state index is 0.179. The van der Waals surface area contributed by atoms with Crippen LogP contribution in [0.25, 0.3) is 0 Å². The highest BCUT2D eigenvalue weighted by Gasteiger charge is 2.34. The number of amides is 1. The largest absolute Gasteiger partial charge is 0.417 e. The SMILES string of the molecule is N#CCCCNC(=O)c1ccccc1C(F)(F)F. The molecule has 0 aliphatic rings. The Kier molecular flexibility index (Phi) is 4.72. The summed E-state index contributed by atoms with van der Waals surface area (Å²) in [6.07, 6.45) is -3.89. The quantitative estimate of drug-likeness (QED) is 0.842. The monoisotopic (exact) mass is 256 g/mol. The van der Waals surface area contributed by atoms with Gasteiger partial charge < -0.3 is 5.32 Å². The van der Waals surface area contributed by atoms with Crippen molar-refractivity contribution in [2.45, 2.75) is 19.0 Å². The number of hydrogen-bond acceptors (Lipinski definition) is 2. The molecule has 0 saturated heterocycles. The summed E-state index contributed by atoms with van der Waals surface area (Å²) in [7, 11) is 0. The summed E-state index contributed by atoms with van der Waals surface area (Å²) in [6.45, 7) is 0.179. The van der Waals surface area contributed by atoms with E-state index in [1.165, 1.54) is 12.1 Å². The van der Waals surface area contributed by atoms with Crippen molar-refractivity contribution < 1.29 is 18.0 Å². The second-order valence-corrected chi connectivity index (χ2v) is 3.56. The number of halogens is 3. The van der Waals surface area contributed by atoms with E-state index in [9.17, 15) is 18.0 Å². The highest BCUT2D eigenvalue weighted by atomic mass is 19.4. The molecule has 1 rings (SSSR count). The minimum atomic E-state index is -4.55. The molecule has 0 spiro atoms. The Balaban J connectivity index is 2.77. The summed E-state index contributed by atoms with van der Waals surface area (Å²) in [5.74, 6) is -0.777. The van der Waals surface area contributed by atoms with Crippen LogP contribution in [0.5, 0.6) is 0 Å². The molecule has 0 unspecified atom stereocenters. The van der Waals surface area contributed by atoms with E-state index in [4.69, 9.17) is 5.26 Å². The van der Waals surface area contributed by atoms with Crippen molar-refractivity contribution in [3.63, 3.8) is 0 Å². The fourth-order valence-electron chi connectivity index (χ4n) is 1.39. The highest BCUT2D eigenvalue weighted by Crippen LogP contribution is 2.31. The van der Waals surface area contributed by atoms with Gasteiger partial charge in [0.15, 0.2) is 0 Å². The van der Waals surface area contributed by atoms with Crippen LogP contribution < -0.4 is 5.32 Å². The molecule has 0 atom stereocenters. The Morgan fingerprint density at radius 3 is 2.61 bits per heavy atom. The zero-order valence-corrected chi connectivity index (χ0v) is 9.42. The molecule has 96 valence electrons. The lowest BCUT2D eigenvalue weighted by atomic mass is 10.1. The van der Waals surface area contributed by atoms with Crippen LogP contribution in [0.3, 0.4) is 0 Å². The average Bonchev–Trinajstić information content (AvgIpc) is 2.33. The number of unbranched alkanes of at least 4 members (excludes halogenated alkanes) is 1. The van der Waals surface area contributed by atoms with Crippen molar-refractivity contribution in [2.24, 2.45) is 0 Å². The van der Waals surface area contributed by atoms with Crippen LogP contribution in [0, 0.1) is 11.3 Å². The summed E-state index contributed by atoms with van der Waals surface area (Å²) in [5.41, 5.74) is -1.36. The van der Waals surface area contributed by atoms with Crippen LogP contribution in [0.4, 0.5) is 13.2 Å². The zero-order chi connectivity index (χ0) is 13.6. The molecule has 1 aromatic rings. The van der Waals surface area contributed by atoms with Gasteiger partial charge in [0, 0.05) is 13.0 Å². The van der Waals surface area contributed by atoms with Crippen molar-refractivity contribution in [1.29, 1.82) is 5.26 Å². The summed E-state index contributed by atoms with van der Waals surface area (Å²) in [4.78, 5) is 11.6. The average molecular weight is 256 g/mol. The molecule has 0 fully saturated rings. The van der Waals surface area contributed by atoms with E-state index in [1.807, 2.05) is 6.07 Å². The third kappa shape index (κ3) is 3.77. The summed E-state index contributed by atoms with van der Waals surface area (Å²) >= 11 is 0. The molecule has 0 aliphatic heterocycles. The number of rotatable bonds is 4. The standard InChI is InChI=1S/C12H11F3N2O/c13-12(14,15)10-6-2-1-5-9(10)11(18)17-8-4-3-7-16/h1-2,5-6H,3-4,8H2,(H,17,18). The lowest BCUT2D eigenvalue weighted by molar-refractivity contribution is -0.137. The maximum absolute atomic E-state index is 12.6. The molecule has 18 heavy (non-hydrogen) atoms. The lowest BCUT2D eigenvalue weighted by Gasteiger charge is -2.12. The van der Waals surface area contributed by atoms with E-state index >= 15 is 0 Å². The van der Waals surface area contributed by atoms with Crippen LogP contribution >= 0.6 is 0 Å². The van der Waals surface area contributed by atoms with Gasteiger partial charge in [-0.1, -0.05) is 12.1 Å². The third-order valence-electron chi connectivity index (χ3n) is 2.23. The van der Waals surface area contributed by atoms with Gasteiger partial charge in [0.2, 0.25) is 0 Å². The number of nitriles is 1. The Hall–Kier alpha value is -2.03. The molecule has 0 aromatic heterocycles. The fourth-order valence-corrected chi connectivity index (χ4v) is 1.39. The van der Waals surface area contributed by atoms with Gasteiger partial charge in [0.05, 0.1) is 17.2 Å². The minimum Gasteiger partial charge on any atom is -0.352 e. The van der Waals surface area contributed by atoms with Crippen molar-refractivity contribution in [3.8, 4) is 6.07 Å². The number of alkyl halides is 3. The van der Waals surface area contributed by atoms with Crippen molar-refractivity contribution in [3.05, 3.63) is 35.4 Å². The fraction of sp³-hybridized carbons (Fsp3) is 0.333. The second-order valence-electron chi connectivity index (χ2n) is 3.56. The van der Waals surface area contributed by atoms with Gasteiger partial charge in [-0.2, -0.15) is 18.4 Å². The van der Waals surface area contributed by atoms with E-state index in [-0.39, 0.29) is 13.0 Å². The normalized spacial score (nSPS) is 10.8. The first-order valence-corrected chi connectivity index (χ1v) is 5.28. The number of benzene rings is 1. The molecule has 0 saturated carbocycles. The van der Waals surface area contributed by atoms with Crippen LogP contribution in [-0.4, -0.2) is 12.5 Å². The lowest BCUT2D eigenvalue weighted by Crippen LogP contribution is -2.27. The number of carbonyl (C=O) groups is 1. The van der Waals surface area contributed by atoms with E-state index in [0.29, 0.717) is 6.42 Å². The number of nitrogens with one attached hydrogen (secondary N) is 1. The van der Waals surface area contributed by atoms with Crippen LogP contribution in [0.1, 0.15) is 28.8 Å². The molecule has 0 heterocycles. The predicted octanol–water partition coefficient (Wildman–Crippen LogP) is 2.74. The van der Waals surface area contributed by atoms with Crippen molar-refractivity contribution in [1.82, 2.24) is 5.32 Å². The Labute approximate surface area is 102 Å². The predicted molar refractivity (Wildman–Crippen MR) is 58.6 cm³/mol. The molecule has 0 radical (unpaired) electrons. The van der Waals surface area contributed by atoms with Gasteiger partial charge in [0.1, 0.15) is 0 Å². The zero-order valence-electron chi connectivity index (χ0n) is 9.42. The van der Waals surface area contributed by atoms with Gasteiger partial charge in [-0.25, -0.2) is 0 Å². The molecule has 0 bridgehead atoms. The maximum atomic E-state index is 12.6. The molecule has 3 nitrogen and oxygen atoms in total. The molecule has 1 amide bonds. The number of carbonyl (C=O) groups excluding carboxylic acids is 1. The Morgan fingerprint density at radius 1 is 1.33 bits per heavy atom. The smallest absolute Gasteiger partial charge is 0.352 e. The molecular weight excluding hydrogens is 245 g/mol. The Bertz CT molecular complexity index is 463. The topological polar surface area (TPSA) is 52.9 Å². The van der Waals surface area contributed by atoms with E-state index in [0.717, 1.165) is 12.1 Å². The first-order valence-electron chi connectivity index (χ1n) is 5.28. The first kappa shape index (κ1) is 14.0. The third-order valence-corrected chi connectivity index (χ3v) is 2.23. The number of hydrogen-bond donors (Lipinski definition) is 1. The molecule has 6 heteroatoms. The van der Waals surface area contributed by atoms with E-state index in [2.05, 4.69) is 5.32 Å². The maximum Gasteiger partial charge on any atom is 0.417 e. The first-order chi connectivity index (χ1) is 8.46. The van der Waals surface area contributed by atoms with E-state index in [1.54, 1.807) is 0 Å². The van der Waals surface area contributed by atoms with E-state index < -0.39 is 23.2 Å². The van der Waals surface area contributed by atoms with Gasteiger partial charge in [-0.15, -0.1) is 0 Å². The van der Waals surface area contributed by atoms with Gasteiger partial charge >= 0.3 is 6.18 Å². The highest BCUT2D eigenvalue weighted by molar-refractivity contribution is 5.95. The van der Waals surface area contributed by atoms with Crippen LogP contribution in [0.15, 0.2) is 24.3 Å². The van der Waals surface area contributed by atoms with Gasteiger partial charge in [-0.3, -0.25) is 4.79 Å². The second kappa shape index (κ2) is 6.05. The molecule has 0 aliphatic carbocycles. The van der Waals surface area contributed by atoms with Crippen LogP contribution in [0.2, 0.25) is 0 Å². The van der Waals surface area contributed by atoms with Crippen LogP contribution in [-0.2, 0) is 6.18 Å².